The minimum Gasteiger partial charge on any atom is -0.133 e. The third-order valence-electron chi connectivity index (χ3n) is 5.22. The molecular formula is C16H22BrClS. The van der Waals surface area contributed by atoms with Crippen molar-refractivity contribution in [1.29, 1.82) is 0 Å². The molecule has 2 aliphatic rings. The molecule has 0 nitrogen and oxygen atoms in total. The van der Waals surface area contributed by atoms with E-state index in [-0.39, 0.29) is 5.38 Å². The van der Waals surface area contributed by atoms with Crippen molar-refractivity contribution < 1.29 is 0 Å². The van der Waals surface area contributed by atoms with Crippen molar-refractivity contribution in [3.8, 4) is 0 Å². The number of rotatable bonds is 2. The molecule has 0 N–H and O–H groups in total. The third kappa shape index (κ3) is 3.06. The molecule has 1 aromatic heterocycles. The largest absolute Gasteiger partial charge is 0.133 e. The molecule has 2 fully saturated rings. The zero-order chi connectivity index (χ0) is 13.4. The van der Waals surface area contributed by atoms with E-state index in [1.165, 1.54) is 59.2 Å². The van der Waals surface area contributed by atoms with Gasteiger partial charge in [0.1, 0.15) is 0 Å². The normalized spacial score (nSPS) is 32.9. The highest BCUT2D eigenvalue weighted by molar-refractivity contribution is 9.11. The predicted molar refractivity (Wildman–Crippen MR) is 88.1 cm³/mol. The first kappa shape index (κ1) is 14.4. The van der Waals surface area contributed by atoms with Gasteiger partial charge in [-0.05, 0) is 71.5 Å². The van der Waals surface area contributed by atoms with Gasteiger partial charge in [0.15, 0.2) is 0 Å². The number of thiophene rings is 1. The minimum absolute atomic E-state index is 0.227. The van der Waals surface area contributed by atoms with Crippen LogP contribution in [0.15, 0.2) is 9.85 Å². The van der Waals surface area contributed by atoms with Crippen LogP contribution in [-0.2, 0) is 0 Å². The fourth-order valence-electron chi connectivity index (χ4n) is 4.16. The van der Waals surface area contributed by atoms with Crippen LogP contribution in [0.4, 0.5) is 0 Å². The summed E-state index contributed by atoms with van der Waals surface area (Å²) in [7, 11) is 0. The van der Waals surface area contributed by atoms with Gasteiger partial charge in [0, 0.05) is 4.88 Å². The maximum absolute atomic E-state index is 6.82. The van der Waals surface area contributed by atoms with E-state index in [1.807, 2.05) is 11.3 Å². The number of alkyl halides is 1. The lowest BCUT2D eigenvalue weighted by Crippen LogP contribution is -2.29. The summed E-state index contributed by atoms with van der Waals surface area (Å²) in [6.45, 7) is 2.20. The van der Waals surface area contributed by atoms with E-state index in [0.29, 0.717) is 5.92 Å². The second kappa shape index (κ2) is 6.07. The first-order valence-electron chi connectivity index (χ1n) is 7.55. The first-order chi connectivity index (χ1) is 9.15. The third-order valence-corrected chi connectivity index (χ3v) is 7.38. The Morgan fingerprint density at radius 1 is 1.21 bits per heavy atom. The number of fused-ring (bicyclic) bond motifs is 1. The Hall–Kier alpha value is 0.470. The Morgan fingerprint density at radius 2 is 1.95 bits per heavy atom. The lowest BCUT2D eigenvalue weighted by molar-refractivity contribution is 0.127. The fraction of sp³-hybridized carbons (Fsp3) is 0.750. The molecule has 1 aromatic rings. The average Bonchev–Trinajstić information content (AvgIpc) is 2.76. The topological polar surface area (TPSA) is 0 Å². The summed E-state index contributed by atoms with van der Waals surface area (Å²) in [5.74, 6) is 2.68. The van der Waals surface area contributed by atoms with E-state index in [1.54, 1.807) is 0 Å². The lowest BCUT2D eigenvalue weighted by atomic mass is 9.66. The van der Waals surface area contributed by atoms with Crippen LogP contribution in [0.3, 0.4) is 0 Å². The molecule has 106 valence electrons. The van der Waals surface area contributed by atoms with Crippen molar-refractivity contribution >= 4 is 38.9 Å². The van der Waals surface area contributed by atoms with Crippen LogP contribution in [0.25, 0.3) is 0 Å². The second-order valence-electron chi connectivity index (χ2n) is 6.34. The van der Waals surface area contributed by atoms with Gasteiger partial charge < -0.3 is 0 Å². The number of halogens is 2. The van der Waals surface area contributed by atoms with E-state index in [0.717, 1.165) is 11.8 Å². The molecule has 4 atom stereocenters. The van der Waals surface area contributed by atoms with Gasteiger partial charge in [-0.2, -0.15) is 0 Å². The average molecular weight is 362 g/mol. The molecular weight excluding hydrogens is 340 g/mol. The maximum Gasteiger partial charge on any atom is 0.0704 e. The molecule has 0 radical (unpaired) electrons. The van der Waals surface area contributed by atoms with Gasteiger partial charge in [0.05, 0.1) is 9.16 Å². The van der Waals surface area contributed by atoms with E-state index < -0.39 is 0 Å². The molecule has 0 aromatic carbocycles. The van der Waals surface area contributed by atoms with Crippen molar-refractivity contribution in [2.24, 2.45) is 17.8 Å². The monoisotopic (exact) mass is 360 g/mol. The van der Waals surface area contributed by atoms with Gasteiger partial charge in [-0.25, -0.2) is 0 Å². The van der Waals surface area contributed by atoms with Crippen molar-refractivity contribution in [3.05, 3.63) is 20.3 Å². The SMILES string of the molecule is Cc1sc(Br)cc1C(Cl)C1CCC2CCCCC2C1. The second-order valence-corrected chi connectivity index (χ2v) is 9.45. The van der Waals surface area contributed by atoms with Crippen molar-refractivity contribution in [3.63, 3.8) is 0 Å². The molecule has 3 heteroatoms. The smallest absolute Gasteiger partial charge is 0.0704 e. The molecule has 2 saturated carbocycles. The van der Waals surface area contributed by atoms with Crippen LogP contribution in [0, 0.1) is 24.7 Å². The van der Waals surface area contributed by atoms with Crippen LogP contribution >= 0.6 is 38.9 Å². The van der Waals surface area contributed by atoms with Crippen LogP contribution in [0.1, 0.15) is 60.8 Å². The minimum atomic E-state index is 0.227. The van der Waals surface area contributed by atoms with E-state index in [4.69, 9.17) is 11.6 Å². The molecule has 1 heterocycles. The van der Waals surface area contributed by atoms with Gasteiger partial charge in [0.25, 0.3) is 0 Å². The van der Waals surface area contributed by atoms with Crippen LogP contribution in [-0.4, -0.2) is 0 Å². The summed E-state index contributed by atoms with van der Waals surface area (Å²) in [4.78, 5) is 1.39. The van der Waals surface area contributed by atoms with Crippen LogP contribution in [0.2, 0.25) is 0 Å². The molecule has 0 bridgehead atoms. The molecule has 19 heavy (non-hydrogen) atoms. The summed E-state index contributed by atoms with van der Waals surface area (Å²) in [5.41, 5.74) is 1.37. The van der Waals surface area contributed by atoms with E-state index >= 15 is 0 Å². The molecule has 0 aliphatic heterocycles. The predicted octanol–water partition coefficient (Wildman–Crippen LogP) is 6.71. The standard InChI is InChI=1S/C16H22BrClS/c1-10-14(9-15(17)19-10)16(18)13-7-6-11-4-2-3-5-12(11)8-13/h9,11-13,16H,2-8H2,1H3. The molecule has 0 saturated heterocycles. The van der Waals surface area contributed by atoms with E-state index in [9.17, 15) is 0 Å². The van der Waals surface area contributed by atoms with Gasteiger partial charge >= 0.3 is 0 Å². The highest BCUT2D eigenvalue weighted by Gasteiger charge is 2.35. The van der Waals surface area contributed by atoms with Crippen LogP contribution in [0.5, 0.6) is 0 Å². The molecule has 0 spiro atoms. The summed E-state index contributed by atoms with van der Waals surface area (Å²) in [6.07, 6.45) is 9.97. The van der Waals surface area contributed by atoms with Crippen LogP contribution < -0.4 is 0 Å². The fourth-order valence-corrected chi connectivity index (χ4v) is 6.44. The zero-order valence-corrected chi connectivity index (χ0v) is 14.7. The summed E-state index contributed by atoms with van der Waals surface area (Å²) < 4.78 is 1.22. The quantitative estimate of drug-likeness (QED) is 0.514. The van der Waals surface area contributed by atoms with Crippen molar-refractivity contribution in [2.45, 2.75) is 57.2 Å². The Morgan fingerprint density at radius 3 is 2.63 bits per heavy atom. The highest BCUT2D eigenvalue weighted by atomic mass is 79.9. The zero-order valence-electron chi connectivity index (χ0n) is 11.5. The van der Waals surface area contributed by atoms with Gasteiger partial charge in [0.2, 0.25) is 0 Å². The molecule has 2 aliphatic carbocycles. The summed E-state index contributed by atoms with van der Waals surface area (Å²) in [5, 5.41) is 0.227. The number of hydrogen-bond donors (Lipinski definition) is 0. The summed E-state index contributed by atoms with van der Waals surface area (Å²) in [6, 6.07) is 2.24. The highest BCUT2D eigenvalue weighted by Crippen LogP contribution is 2.49. The molecule has 3 rings (SSSR count). The Labute approximate surface area is 134 Å². The maximum atomic E-state index is 6.82. The van der Waals surface area contributed by atoms with Crippen molar-refractivity contribution in [2.75, 3.05) is 0 Å². The lowest BCUT2D eigenvalue weighted by Gasteiger charge is -2.40. The first-order valence-corrected chi connectivity index (χ1v) is 9.59. The number of aryl methyl sites for hydroxylation is 1. The Bertz CT molecular complexity index is 442. The van der Waals surface area contributed by atoms with Gasteiger partial charge in [-0.15, -0.1) is 22.9 Å². The van der Waals surface area contributed by atoms with Gasteiger partial charge in [-0.3, -0.25) is 0 Å². The van der Waals surface area contributed by atoms with Crippen molar-refractivity contribution in [1.82, 2.24) is 0 Å². The molecule has 4 unspecified atom stereocenters. The Kier molecular flexibility index (Phi) is 4.60. The molecule has 0 amide bonds. The van der Waals surface area contributed by atoms with E-state index in [2.05, 4.69) is 28.9 Å². The number of hydrogen-bond acceptors (Lipinski definition) is 1. The van der Waals surface area contributed by atoms with Gasteiger partial charge in [-0.1, -0.05) is 25.7 Å². The Balaban J connectivity index is 1.70. The summed E-state index contributed by atoms with van der Waals surface area (Å²) >= 11 is 12.2.